The molecule has 1 aliphatic carbocycles. The Bertz CT molecular complexity index is 849. The number of nitrogens with two attached hydrogens (primary N) is 1. The normalized spacial score (nSPS) is 15.7. The number of carbonyl (C=O) groups excluding carboxylic acids is 1. The van der Waals surface area contributed by atoms with Gasteiger partial charge in [0.1, 0.15) is 0 Å². The van der Waals surface area contributed by atoms with Crippen LogP contribution in [0.4, 0.5) is 5.13 Å². The number of hydrogen-bond acceptors (Lipinski definition) is 4. The summed E-state index contributed by atoms with van der Waals surface area (Å²) in [7, 11) is 0. The second-order valence-electron chi connectivity index (χ2n) is 6.01. The van der Waals surface area contributed by atoms with Gasteiger partial charge in [0.25, 0.3) is 0 Å². The van der Waals surface area contributed by atoms with Gasteiger partial charge in [-0.15, -0.1) is 11.3 Å². The van der Waals surface area contributed by atoms with Gasteiger partial charge in [-0.3, -0.25) is 4.79 Å². The van der Waals surface area contributed by atoms with E-state index in [1.807, 2.05) is 35.8 Å². The predicted octanol–water partition coefficient (Wildman–Crippen LogP) is 3.01. The van der Waals surface area contributed by atoms with Crippen molar-refractivity contribution in [2.45, 2.75) is 31.2 Å². The van der Waals surface area contributed by atoms with Crippen LogP contribution in [0.5, 0.6) is 0 Å². The lowest BCUT2D eigenvalue weighted by molar-refractivity contribution is -0.117. The van der Waals surface area contributed by atoms with Crippen LogP contribution in [-0.4, -0.2) is 21.9 Å². The Kier molecular flexibility index (Phi) is 3.63. The molecule has 0 radical (unpaired) electrons. The standard InChI is InChI=1S/C17H18N4OS/c18-13(7-11-8-19-14-4-2-1-3-12(11)14)16(22)21-17-20-15(9-23-17)10-5-6-10/h1-4,8-10,13,19H,5-7,18H2,(H,20,21,22)/t13-/m0/s1. The van der Waals surface area contributed by atoms with E-state index in [0.717, 1.165) is 22.2 Å². The van der Waals surface area contributed by atoms with Crippen molar-refractivity contribution in [2.24, 2.45) is 5.73 Å². The summed E-state index contributed by atoms with van der Waals surface area (Å²) >= 11 is 1.47. The molecule has 3 aromatic rings. The number of para-hydroxylation sites is 1. The fourth-order valence-electron chi connectivity index (χ4n) is 2.74. The maximum absolute atomic E-state index is 12.3. The van der Waals surface area contributed by atoms with Gasteiger partial charge in [-0.2, -0.15) is 0 Å². The molecule has 6 heteroatoms. The van der Waals surface area contributed by atoms with Crippen molar-refractivity contribution < 1.29 is 4.79 Å². The lowest BCUT2D eigenvalue weighted by Crippen LogP contribution is -2.37. The van der Waals surface area contributed by atoms with Gasteiger partial charge >= 0.3 is 0 Å². The molecule has 2 heterocycles. The molecule has 5 nitrogen and oxygen atoms in total. The zero-order valence-corrected chi connectivity index (χ0v) is 13.4. The number of nitrogens with one attached hydrogen (secondary N) is 2. The molecular weight excluding hydrogens is 308 g/mol. The van der Waals surface area contributed by atoms with E-state index in [1.54, 1.807) is 0 Å². The summed E-state index contributed by atoms with van der Waals surface area (Å²) in [5.41, 5.74) is 9.29. The number of carbonyl (C=O) groups is 1. The van der Waals surface area contributed by atoms with Gasteiger partial charge in [-0.1, -0.05) is 18.2 Å². The molecule has 4 rings (SSSR count). The summed E-state index contributed by atoms with van der Waals surface area (Å²) in [6.07, 6.45) is 4.83. The van der Waals surface area contributed by atoms with Gasteiger partial charge in [-0.05, 0) is 30.9 Å². The summed E-state index contributed by atoms with van der Waals surface area (Å²) in [5.74, 6) is 0.406. The topological polar surface area (TPSA) is 83.8 Å². The van der Waals surface area contributed by atoms with Crippen molar-refractivity contribution in [2.75, 3.05) is 5.32 Å². The third kappa shape index (κ3) is 3.00. The number of aromatic nitrogens is 2. The fraction of sp³-hybridized carbons (Fsp3) is 0.294. The highest BCUT2D eigenvalue weighted by atomic mass is 32.1. The quantitative estimate of drug-likeness (QED) is 0.674. The van der Waals surface area contributed by atoms with E-state index < -0.39 is 6.04 Å². The van der Waals surface area contributed by atoms with E-state index in [-0.39, 0.29) is 5.91 Å². The molecule has 1 aromatic carbocycles. The summed E-state index contributed by atoms with van der Waals surface area (Å²) in [6.45, 7) is 0. The van der Waals surface area contributed by atoms with E-state index in [1.165, 1.54) is 24.2 Å². The lowest BCUT2D eigenvalue weighted by atomic mass is 10.1. The van der Waals surface area contributed by atoms with Crippen molar-refractivity contribution in [3.05, 3.63) is 47.1 Å². The molecular formula is C17H18N4OS. The molecule has 1 atom stereocenters. The first kappa shape index (κ1) is 14.4. The van der Waals surface area contributed by atoms with Crippen molar-refractivity contribution in [3.8, 4) is 0 Å². The highest BCUT2D eigenvalue weighted by Gasteiger charge is 2.26. The van der Waals surface area contributed by atoms with E-state index in [0.29, 0.717) is 17.5 Å². The molecule has 2 aromatic heterocycles. The molecule has 1 saturated carbocycles. The average Bonchev–Trinajstić information content (AvgIpc) is 3.18. The number of hydrogen-bond donors (Lipinski definition) is 3. The Labute approximate surface area is 137 Å². The monoisotopic (exact) mass is 326 g/mol. The molecule has 1 amide bonds. The molecule has 118 valence electrons. The number of nitrogens with zero attached hydrogens (tertiary/aromatic N) is 1. The highest BCUT2D eigenvalue weighted by molar-refractivity contribution is 7.13. The number of amides is 1. The average molecular weight is 326 g/mol. The molecule has 0 bridgehead atoms. The van der Waals surface area contributed by atoms with Crippen LogP contribution in [-0.2, 0) is 11.2 Å². The molecule has 4 N–H and O–H groups in total. The van der Waals surface area contributed by atoms with Crippen LogP contribution in [0.1, 0.15) is 30.0 Å². The fourth-order valence-corrected chi connectivity index (χ4v) is 3.53. The van der Waals surface area contributed by atoms with Crippen molar-refractivity contribution in [1.29, 1.82) is 0 Å². The minimum atomic E-state index is -0.595. The van der Waals surface area contributed by atoms with Gasteiger partial charge in [0.15, 0.2) is 5.13 Å². The summed E-state index contributed by atoms with van der Waals surface area (Å²) in [5, 5.41) is 6.62. The largest absolute Gasteiger partial charge is 0.361 e. The minimum absolute atomic E-state index is 0.188. The lowest BCUT2D eigenvalue weighted by Gasteiger charge is -2.10. The van der Waals surface area contributed by atoms with Crippen LogP contribution in [0.25, 0.3) is 10.9 Å². The molecule has 0 aliphatic heterocycles. The Morgan fingerprint density at radius 2 is 2.26 bits per heavy atom. The number of fused-ring (bicyclic) bond motifs is 1. The van der Waals surface area contributed by atoms with Crippen LogP contribution in [0.2, 0.25) is 0 Å². The zero-order valence-electron chi connectivity index (χ0n) is 12.6. The van der Waals surface area contributed by atoms with Crippen LogP contribution >= 0.6 is 11.3 Å². The van der Waals surface area contributed by atoms with Gasteiger partial charge in [0, 0.05) is 28.4 Å². The smallest absolute Gasteiger partial charge is 0.243 e. The van der Waals surface area contributed by atoms with E-state index in [9.17, 15) is 4.79 Å². The molecule has 0 unspecified atom stereocenters. The van der Waals surface area contributed by atoms with E-state index in [4.69, 9.17) is 5.73 Å². The first-order valence-corrected chi connectivity index (χ1v) is 8.65. The first-order valence-electron chi connectivity index (χ1n) is 7.77. The Hall–Kier alpha value is -2.18. The maximum Gasteiger partial charge on any atom is 0.243 e. The third-order valence-corrected chi connectivity index (χ3v) is 4.98. The molecule has 1 fully saturated rings. The Morgan fingerprint density at radius 3 is 3.09 bits per heavy atom. The number of benzene rings is 1. The summed E-state index contributed by atoms with van der Waals surface area (Å²) < 4.78 is 0. The van der Waals surface area contributed by atoms with Crippen LogP contribution < -0.4 is 11.1 Å². The number of H-pyrrole nitrogens is 1. The second-order valence-corrected chi connectivity index (χ2v) is 6.87. The second kappa shape index (κ2) is 5.79. The van der Waals surface area contributed by atoms with Gasteiger partial charge in [0.05, 0.1) is 11.7 Å². The first-order chi connectivity index (χ1) is 11.2. The number of anilines is 1. The van der Waals surface area contributed by atoms with Gasteiger partial charge < -0.3 is 16.0 Å². The number of aromatic amines is 1. The molecule has 0 spiro atoms. The Balaban J connectivity index is 1.43. The van der Waals surface area contributed by atoms with E-state index >= 15 is 0 Å². The van der Waals surface area contributed by atoms with Gasteiger partial charge in [0.2, 0.25) is 5.91 Å². The minimum Gasteiger partial charge on any atom is -0.361 e. The van der Waals surface area contributed by atoms with Crippen LogP contribution in [0, 0.1) is 0 Å². The zero-order chi connectivity index (χ0) is 15.8. The summed E-state index contributed by atoms with van der Waals surface area (Å²) in [4.78, 5) is 20.0. The molecule has 23 heavy (non-hydrogen) atoms. The highest BCUT2D eigenvalue weighted by Crippen LogP contribution is 2.40. The van der Waals surface area contributed by atoms with Crippen molar-refractivity contribution >= 4 is 33.3 Å². The molecule has 1 aliphatic rings. The Morgan fingerprint density at radius 1 is 1.43 bits per heavy atom. The van der Waals surface area contributed by atoms with Gasteiger partial charge in [-0.25, -0.2) is 4.98 Å². The van der Waals surface area contributed by atoms with Crippen molar-refractivity contribution in [3.63, 3.8) is 0 Å². The van der Waals surface area contributed by atoms with E-state index in [2.05, 4.69) is 15.3 Å². The number of thiazole rings is 1. The number of rotatable bonds is 5. The van der Waals surface area contributed by atoms with Crippen molar-refractivity contribution in [1.82, 2.24) is 9.97 Å². The van der Waals surface area contributed by atoms with Crippen LogP contribution in [0.15, 0.2) is 35.8 Å². The predicted molar refractivity (Wildman–Crippen MR) is 92.7 cm³/mol. The SMILES string of the molecule is N[C@@H](Cc1c[nH]c2ccccc12)C(=O)Nc1nc(C2CC2)cs1. The van der Waals surface area contributed by atoms with Crippen LogP contribution in [0.3, 0.4) is 0 Å². The molecule has 0 saturated heterocycles. The third-order valence-electron chi connectivity index (χ3n) is 4.20. The summed E-state index contributed by atoms with van der Waals surface area (Å²) in [6, 6.07) is 7.42. The maximum atomic E-state index is 12.3.